The van der Waals surface area contributed by atoms with Crippen LogP contribution in [0.1, 0.15) is 82.8 Å². The van der Waals surface area contributed by atoms with E-state index < -0.39 is 108 Å². The zero-order chi connectivity index (χ0) is 54.1. The zero-order valence-electron chi connectivity index (χ0n) is 36.0. The molecule has 30 heteroatoms. The number of halogens is 22. The molecule has 2 unspecified atom stereocenters. The molecule has 6 rings (SSSR count). The molecule has 4 aromatic rings. The first kappa shape index (κ1) is 62.8. The van der Waals surface area contributed by atoms with Gasteiger partial charge in [-0.1, -0.05) is 96.5 Å². The highest BCUT2D eigenvalue weighted by atomic mass is 79.9. The summed E-state index contributed by atoms with van der Waals surface area (Å²) in [7, 11) is 0. The molecule has 2 atom stereocenters. The van der Waals surface area contributed by atoms with Crippen LogP contribution in [0, 0.1) is 0 Å². The van der Waals surface area contributed by atoms with Gasteiger partial charge in [-0.3, -0.25) is 9.98 Å². The van der Waals surface area contributed by atoms with Gasteiger partial charge in [0.25, 0.3) is 0 Å². The third kappa shape index (κ3) is 15.1. The van der Waals surface area contributed by atoms with E-state index in [4.69, 9.17) is 18.0 Å². The monoisotopic (exact) mass is 1340 g/mol. The summed E-state index contributed by atoms with van der Waals surface area (Å²) < 4.78 is 245. The van der Waals surface area contributed by atoms with Crippen LogP contribution in [-0.2, 0) is 47.4 Å². The standard InChI is InChI=1S/C21H15BrF9N3S.C19H11Br2F9N2.C2H5NS.BrH/c1-10(35)32-8-12-3-2-11(4-14(12)22)15-7-18(9-33-15,21(29,30)31)13-5-16(19(23,24)25)34-17(6-13)20(26,27)28;20-7-10-2-1-9(3-12(10)21)13-6-16(8-31-13,19(28,29)30)11-4-14(17(22,23)24)32-15(5-11)18(25,26)27;1-2(3)4;/h2-6H,7-9H2,1H3,(H,32,35);1-5H,6-8H2;1H3,(H2,3,4);1H. The number of aliphatic imine (C=N–C) groups is 2. The van der Waals surface area contributed by atoms with Gasteiger partial charge in [0.2, 0.25) is 0 Å². The van der Waals surface area contributed by atoms with Crippen molar-refractivity contribution in [1.82, 2.24) is 15.3 Å². The fourth-order valence-corrected chi connectivity index (χ4v) is 8.83. The SMILES string of the molecule is Br.CC(=S)NCc1ccc(C2=NCC(c3cc(C(F)(F)F)nc(C(F)(F)F)c3)(C(F)(F)F)C2)cc1Br.CC(N)=S.FC(F)(F)c1cc(C2(C(F)(F)F)CN=C(c3ccc(CBr)c(Br)c3)C2)cc(C(F)(F)F)n1. The van der Waals surface area contributed by atoms with Gasteiger partial charge in [-0.25, -0.2) is 9.97 Å². The lowest BCUT2D eigenvalue weighted by Gasteiger charge is -2.32. The minimum absolute atomic E-state index is 0. The van der Waals surface area contributed by atoms with Crippen molar-refractivity contribution in [2.75, 3.05) is 13.1 Å². The van der Waals surface area contributed by atoms with Crippen molar-refractivity contribution in [2.45, 2.75) is 86.5 Å². The van der Waals surface area contributed by atoms with Crippen LogP contribution in [0.15, 0.2) is 79.6 Å². The molecule has 72 heavy (non-hydrogen) atoms. The fraction of sp³-hybridized carbons (Fsp3) is 0.381. The number of rotatable bonds is 7. The summed E-state index contributed by atoms with van der Waals surface area (Å²) in [5, 5.41) is 3.36. The summed E-state index contributed by atoms with van der Waals surface area (Å²) in [4.78, 5) is 13.8. The highest BCUT2D eigenvalue weighted by molar-refractivity contribution is 9.11. The molecule has 0 bridgehead atoms. The molecule has 2 aliphatic heterocycles. The average Bonchev–Trinajstić information content (AvgIpc) is 3.90. The third-order valence-corrected chi connectivity index (χ3v) is 12.7. The van der Waals surface area contributed by atoms with Gasteiger partial charge < -0.3 is 11.1 Å². The van der Waals surface area contributed by atoms with Crippen molar-refractivity contribution in [3.05, 3.63) is 126 Å². The Labute approximate surface area is 443 Å². The molecular formula is C42H32Br4F18N6S2. The summed E-state index contributed by atoms with van der Waals surface area (Å²) >= 11 is 19.0. The number of benzene rings is 2. The lowest BCUT2D eigenvalue weighted by atomic mass is 9.76. The van der Waals surface area contributed by atoms with E-state index in [-0.39, 0.29) is 63.8 Å². The number of aromatic nitrogens is 2. The molecule has 2 aromatic heterocycles. The van der Waals surface area contributed by atoms with Crippen LogP contribution >= 0.6 is 89.2 Å². The molecule has 3 N–H and O–H groups in total. The summed E-state index contributed by atoms with van der Waals surface area (Å²) in [6.07, 6.45) is -33.8. The van der Waals surface area contributed by atoms with Crippen LogP contribution in [0.2, 0.25) is 0 Å². The number of pyridine rings is 2. The van der Waals surface area contributed by atoms with Gasteiger partial charge in [0, 0.05) is 45.1 Å². The number of alkyl halides is 19. The highest BCUT2D eigenvalue weighted by Crippen LogP contribution is 2.51. The number of nitrogens with zero attached hydrogens (tertiary/aromatic N) is 4. The molecule has 0 fully saturated rings. The summed E-state index contributed by atoms with van der Waals surface area (Å²) in [5.74, 6) is 0. The van der Waals surface area contributed by atoms with Crippen molar-refractivity contribution in [3.8, 4) is 0 Å². The van der Waals surface area contributed by atoms with Crippen molar-refractivity contribution in [1.29, 1.82) is 0 Å². The van der Waals surface area contributed by atoms with Gasteiger partial charge in [-0.2, -0.15) is 79.0 Å². The smallest absolute Gasteiger partial charge is 0.394 e. The van der Waals surface area contributed by atoms with Crippen LogP contribution in [0.4, 0.5) is 79.0 Å². The van der Waals surface area contributed by atoms with Gasteiger partial charge in [0.1, 0.15) is 33.6 Å². The van der Waals surface area contributed by atoms with Crippen LogP contribution in [0.25, 0.3) is 0 Å². The molecule has 2 aromatic carbocycles. The van der Waals surface area contributed by atoms with E-state index in [1.54, 1.807) is 26.0 Å². The van der Waals surface area contributed by atoms with Gasteiger partial charge in [0.05, 0.1) is 23.1 Å². The maximum atomic E-state index is 14.3. The zero-order valence-corrected chi connectivity index (χ0v) is 44.1. The molecular weight excluding hydrogens is 1310 g/mol. The molecule has 6 nitrogen and oxygen atoms in total. The summed E-state index contributed by atoms with van der Waals surface area (Å²) in [6.45, 7) is 1.54. The molecule has 0 radical (unpaired) electrons. The fourth-order valence-electron chi connectivity index (χ4n) is 6.86. The van der Waals surface area contributed by atoms with E-state index in [0.29, 0.717) is 30.8 Å². The first-order valence-corrected chi connectivity index (χ1v) is 23.0. The Morgan fingerprint density at radius 2 is 0.875 bits per heavy atom. The summed E-state index contributed by atoms with van der Waals surface area (Å²) in [5.41, 5.74) is -10.1. The van der Waals surface area contributed by atoms with Crippen LogP contribution in [0.3, 0.4) is 0 Å². The Kier molecular flexibility index (Phi) is 20.2. The second kappa shape index (κ2) is 23.2. The van der Waals surface area contributed by atoms with E-state index in [2.05, 4.69) is 85.3 Å². The highest BCUT2D eigenvalue weighted by Gasteiger charge is 2.61. The quantitative estimate of drug-likeness (QED) is 0.109. The molecule has 0 amide bonds. The van der Waals surface area contributed by atoms with Crippen LogP contribution in [-0.4, -0.2) is 56.8 Å². The van der Waals surface area contributed by atoms with Gasteiger partial charge in [-0.15, -0.1) is 17.0 Å². The first-order chi connectivity index (χ1) is 32.3. The van der Waals surface area contributed by atoms with Crippen molar-refractivity contribution >= 4 is 111 Å². The third-order valence-electron chi connectivity index (χ3n) is 10.5. The van der Waals surface area contributed by atoms with E-state index in [0.717, 1.165) is 11.1 Å². The molecule has 0 spiro atoms. The minimum Gasteiger partial charge on any atom is -0.394 e. The predicted octanol–water partition coefficient (Wildman–Crippen LogP) is 15.4. The van der Waals surface area contributed by atoms with Crippen molar-refractivity contribution in [2.24, 2.45) is 15.7 Å². The number of nitrogens with two attached hydrogens (primary N) is 1. The van der Waals surface area contributed by atoms with E-state index in [1.165, 1.54) is 24.3 Å². The molecule has 0 saturated carbocycles. The van der Waals surface area contributed by atoms with Crippen LogP contribution < -0.4 is 11.1 Å². The topological polar surface area (TPSA) is 88.5 Å². The number of nitrogens with one attached hydrogen (secondary N) is 1. The first-order valence-electron chi connectivity index (χ1n) is 19.4. The Hall–Kier alpha value is -3.48. The van der Waals surface area contributed by atoms with Gasteiger partial charge >= 0.3 is 37.1 Å². The Morgan fingerprint density at radius 3 is 1.12 bits per heavy atom. The summed E-state index contributed by atoms with van der Waals surface area (Å²) in [6, 6.07) is 9.21. The Morgan fingerprint density at radius 1 is 0.569 bits per heavy atom. The number of hydrogen-bond acceptors (Lipinski definition) is 6. The second-order valence-electron chi connectivity index (χ2n) is 15.5. The van der Waals surface area contributed by atoms with Gasteiger partial charge in [-0.05, 0) is 83.6 Å². The molecule has 2 aliphatic rings. The largest absolute Gasteiger partial charge is 0.433 e. The molecule has 396 valence electrons. The molecule has 0 aliphatic carbocycles. The average molecular weight is 1350 g/mol. The maximum Gasteiger partial charge on any atom is 0.433 e. The number of hydrogen-bond donors (Lipinski definition) is 2. The lowest BCUT2D eigenvalue weighted by Crippen LogP contribution is -2.44. The van der Waals surface area contributed by atoms with Crippen LogP contribution in [0.5, 0.6) is 0 Å². The van der Waals surface area contributed by atoms with E-state index >= 15 is 0 Å². The molecule has 4 heterocycles. The van der Waals surface area contributed by atoms with Crippen molar-refractivity contribution in [3.63, 3.8) is 0 Å². The van der Waals surface area contributed by atoms with E-state index in [9.17, 15) is 79.0 Å². The number of thiocarbonyl (C=S) groups is 2. The normalized spacial score (nSPS) is 18.4. The Bertz CT molecular complexity index is 2630. The second-order valence-corrected chi connectivity index (χ2v) is 19.1. The minimum atomic E-state index is -5.39. The van der Waals surface area contributed by atoms with Gasteiger partial charge in [0.15, 0.2) is 0 Å². The van der Waals surface area contributed by atoms with E-state index in [1.807, 2.05) is 0 Å². The lowest BCUT2D eigenvalue weighted by molar-refractivity contribution is -0.185. The molecule has 0 saturated heterocycles. The maximum absolute atomic E-state index is 14.3. The predicted molar refractivity (Wildman–Crippen MR) is 255 cm³/mol. The van der Waals surface area contributed by atoms with Crippen molar-refractivity contribution < 1.29 is 79.0 Å². The Balaban J connectivity index is 0.000000350.